The molecular weight excluding hydrogens is 566 g/mol. The van der Waals surface area contributed by atoms with Crippen LogP contribution in [0.3, 0.4) is 0 Å². The molecule has 1 N–H and O–H groups in total. The molecule has 3 nitrogen and oxygen atoms in total. The lowest BCUT2D eigenvalue weighted by molar-refractivity contribution is -0.138. The summed E-state index contributed by atoms with van der Waals surface area (Å²) in [5.74, 6) is -0.493. The van der Waals surface area contributed by atoms with Crippen molar-refractivity contribution >= 4 is 29.5 Å². The molecule has 3 aromatic carbocycles. The number of nitrogens with zero attached hydrogens (tertiary/aromatic N) is 1. The van der Waals surface area contributed by atoms with Crippen molar-refractivity contribution in [3.8, 4) is 0 Å². The van der Waals surface area contributed by atoms with Gasteiger partial charge in [0, 0.05) is 13.1 Å². The van der Waals surface area contributed by atoms with Gasteiger partial charge in [-0.1, -0.05) is 42.5 Å². The van der Waals surface area contributed by atoms with Gasteiger partial charge in [0.15, 0.2) is 0 Å². The fourth-order valence-corrected chi connectivity index (χ4v) is 6.50. The van der Waals surface area contributed by atoms with Crippen LogP contribution in [0.1, 0.15) is 75.0 Å². The van der Waals surface area contributed by atoms with E-state index in [2.05, 4.69) is 17.0 Å². The molecule has 3 aromatic rings. The molecule has 0 aromatic heterocycles. The van der Waals surface area contributed by atoms with Gasteiger partial charge in [0.1, 0.15) is 0 Å². The Balaban J connectivity index is 0.00000405. The first kappa shape index (κ1) is 31.8. The second kappa shape index (κ2) is 13.4. The number of alkyl halides is 4. The van der Waals surface area contributed by atoms with Crippen molar-refractivity contribution < 1.29 is 27.5 Å². The van der Waals surface area contributed by atoms with Gasteiger partial charge in [-0.2, -0.15) is 13.2 Å². The average Bonchev–Trinajstić information content (AvgIpc) is 3.30. The Bertz CT molecular complexity index is 1450. The molecule has 0 radical (unpaired) electrons. The molecule has 1 atom stereocenters. The SMILES string of the molecule is Cc1c(C2=C(c3ccc(CC4CCN(CCCF)C4)cc3)c3ccc(C(=O)O)cc3CCC2)cccc1C(F)(F)F.Cl. The third-order valence-electron chi connectivity index (χ3n) is 8.51. The highest BCUT2D eigenvalue weighted by Gasteiger charge is 2.34. The van der Waals surface area contributed by atoms with E-state index in [0.29, 0.717) is 37.2 Å². The van der Waals surface area contributed by atoms with E-state index in [1.54, 1.807) is 24.3 Å². The van der Waals surface area contributed by atoms with Crippen molar-refractivity contribution in [2.45, 2.75) is 51.6 Å². The second-order valence-corrected chi connectivity index (χ2v) is 11.3. The molecule has 42 heavy (non-hydrogen) atoms. The van der Waals surface area contributed by atoms with Gasteiger partial charge in [0.25, 0.3) is 0 Å². The normalized spacial score (nSPS) is 17.5. The number of fused-ring (bicyclic) bond motifs is 1. The third kappa shape index (κ3) is 6.90. The third-order valence-corrected chi connectivity index (χ3v) is 8.51. The summed E-state index contributed by atoms with van der Waals surface area (Å²) in [7, 11) is 0. The minimum atomic E-state index is -4.46. The molecule has 0 saturated carbocycles. The number of carboxylic acids is 1. The number of carboxylic acid groups (broad SMARTS) is 1. The van der Waals surface area contributed by atoms with Crippen LogP contribution in [0, 0.1) is 12.8 Å². The van der Waals surface area contributed by atoms with Gasteiger partial charge in [0.05, 0.1) is 17.8 Å². The summed E-state index contributed by atoms with van der Waals surface area (Å²) in [6.45, 7) is 3.99. The van der Waals surface area contributed by atoms with E-state index < -0.39 is 17.7 Å². The van der Waals surface area contributed by atoms with Crippen LogP contribution in [0.4, 0.5) is 17.6 Å². The molecule has 1 heterocycles. The summed E-state index contributed by atoms with van der Waals surface area (Å²) in [5, 5.41) is 9.58. The Morgan fingerprint density at radius 3 is 2.48 bits per heavy atom. The van der Waals surface area contributed by atoms with Gasteiger partial charge in [-0.15, -0.1) is 12.4 Å². The number of aryl methyl sites for hydroxylation is 1. The van der Waals surface area contributed by atoms with Crippen molar-refractivity contribution in [2.75, 3.05) is 26.3 Å². The van der Waals surface area contributed by atoms with Crippen LogP contribution in [0.2, 0.25) is 0 Å². The fraction of sp³-hybridized carbons (Fsp3) is 0.382. The first-order valence-electron chi connectivity index (χ1n) is 14.3. The van der Waals surface area contributed by atoms with Crippen molar-refractivity contribution in [1.82, 2.24) is 4.90 Å². The predicted molar refractivity (Wildman–Crippen MR) is 161 cm³/mol. The van der Waals surface area contributed by atoms with Crippen LogP contribution in [0.25, 0.3) is 11.1 Å². The lowest BCUT2D eigenvalue weighted by Crippen LogP contribution is -2.22. The molecule has 2 aliphatic rings. The number of benzene rings is 3. The van der Waals surface area contributed by atoms with Gasteiger partial charge in [0.2, 0.25) is 0 Å². The number of carbonyl (C=O) groups is 1. The molecule has 224 valence electrons. The average molecular weight is 602 g/mol. The van der Waals surface area contributed by atoms with E-state index in [9.17, 15) is 27.5 Å². The summed E-state index contributed by atoms with van der Waals surface area (Å²) in [4.78, 5) is 14.0. The Morgan fingerprint density at radius 1 is 1.02 bits per heavy atom. The maximum Gasteiger partial charge on any atom is 0.416 e. The van der Waals surface area contributed by atoms with Gasteiger partial charge >= 0.3 is 12.1 Å². The fourth-order valence-electron chi connectivity index (χ4n) is 6.50. The quantitative estimate of drug-likeness (QED) is 0.263. The van der Waals surface area contributed by atoms with Crippen LogP contribution < -0.4 is 0 Å². The van der Waals surface area contributed by atoms with Gasteiger partial charge in [-0.05, 0) is 121 Å². The Hall–Kier alpha value is -3.16. The van der Waals surface area contributed by atoms with Crippen LogP contribution in [0.5, 0.6) is 0 Å². The molecule has 0 bridgehead atoms. The molecule has 0 spiro atoms. The minimum Gasteiger partial charge on any atom is -0.478 e. The summed E-state index contributed by atoms with van der Waals surface area (Å²) >= 11 is 0. The Morgan fingerprint density at radius 2 is 1.79 bits per heavy atom. The molecule has 1 fully saturated rings. The van der Waals surface area contributed by atoms with Crippen molar-refractivity contribution in [3.63, 3.8) is 0 Å². The zero-order chi connectivity index (χ0) is 29.1. The van der Waals surface area contributed by atoms with Gasteiger partial charge < -0.3 is 10.0 Å². The Labute approximate surface area is 250 Å². The maximum atomic E-state index is 13.9. The number of aromatic carboxylic acids is 1. The lowest BCUT2D eigenvalue weighted by atomic mass is 9.84. The van der Waals surface area contributed by atoms with Crippen molar-refractivity contribution in [3.05, 3.63) is 105 Å². The van der Waals surface area contributed by atoms with E-state index in [-0.39, 0.29) is 30.2 Å². The van der Waals surface area contributed by atoms with E-state index in [1.165, 1.54) is 18.6 Å². The molecule has 8 heteroatoms. The monoisotopic (exact) mass is 601 g/mol. The molecule has 0 amide bonds. The predicted octanol–water partition coefficient (Wildman–Crippen LogP) is 8.65. The summed E-state index contributed by atoms with van der Waals surface area (Å²) < 4.78 is 54.2. The molecule has 1 aliphatic heterocycles. The summed E-state index contributed by atoms with van der Waals surface area (Å²) in [5.41, 5.74) is 5.91. The first-order valence-corrected chi connectivity index (χ1v) is 14.3. The highest BCUT2D eigenvalue weighted by Crippen LogP contribution is 2.43. The molecule has 1 aliphatic carbocycles. The second-order valence-electron chi connectivity index (χ2n) is 11.3. The van der Waals surface area contributed by atoms with Crippen LogP contribution in [-0.2, 0) is 19.0 Å². The number of hydrogen-bond donors (Lipinski definition) is 1. The Kier molecular flexibility index (Phi) is 10.2. The maximum absolute atomic E-state index is 13.9. The largest absolute Gasteiger partial charge is 0.478 e. The van der Waals surface area contributed by atoms with E-state index in [0.717, 1.165) is 66.4 Å². The summed E-state index contributed by atoms with van der Waals surface area (Å²) in [6.07, 6.45) is 0.0282. The standard InChI is InChI=1S/C34H35F4NO2.ClH/c1-22-28(6-3-8-31(22)34(36,37)38)30-7-2-5-26-20-27(33(40)41)13-14-29(26)32(30)25-11-9-23(10-12-25)19-24-15-18-39(21-24)17-4-16-35;/h3,6,8-14,20,24H,2,4-5,7,15-19,21H2,1H3,(H,40,41);1H. The first-order chi connectivity index (χ1) is 19.7. The van der Waals surface area contributed by atoms with Crippen LogP contribution in [0.15, 0.2) is 60.7 Å². The molecule has 1 unspecified atom stereocenters. The highest BCUT2D eigenvalue weighted by atomic mass is 35.5. The number of halogens is 5. The van der Waals surface area contributed by atoms with Gasteiger partial charge in [-0.25, -0.2) is 4.79 Å². The smallest absolute Gasteiger partial charge is 0.416 e. The number of hydrogen-bond acceptors (Lipinski definition) is 2. The zero-order valence-corrected chi connectivity index (χ0v) is 24.5. The van der Waals surface area contributed by atoms with Crippen molar-refractivity contribution in [2.24, 2.45) is 5.92 Å². The van der Waals surface area contributed by atoms with E-state index in [4.69, 9.17) is 0 Å². The molecular formula is C34H36ClF4NO2. The molecule has 1 saturated heterocycles. The lowest BCUT2D eigenvalue weighted by Gasteiger charge is -2.20. The summed E-state index contributed by atoms with van der Waals surface area (Å²) in [6, 6.07) is 17.7. The van der Waals surface area contributed by atoms with E-state index >= 15 is 0 Å². The van der Waals surface area contributed by atoms with Gasteiger partial charge in [-0.3, -0.25) is 4.39 Å². The highest BCUT2D eigenvalue weighted by molar-refractivity contribution is 6.01. The van der Waals surface area contributed by atoms with E-state index in [1.807, 2.05) is 12.1 Å². The molecule has 5 rings (SSSR count). The minimum absolute atomic E-state index is 0. The number of likely N-dealkylation sites (tertiary alicyclic amines) is 1. The number of rotatable bonds is 8. The number of allylic oxidation sites excluding steroid dienone is 1. The topological polar surface area (TPSA) is 40.5 Å². The van der Waals surface area contributed by atoms with Crippen LogP contribution in [-0.4, -0.2) is 42.3 Å². The van der Waals surface area contributed by atoms with Crippen molar-refractivity contribution in [1.29, 1.82) is 0 Å². The van der Waals surface area contributed by atoms with Crippen LogP contribution >= 0.6 is 12.4 Å². The zero-order valence-electron chi connectivity index (χ0n) is 23.6.